The quantitative estimate of drug-likeness (QED) is 0.328. The highest BCUT2D eigenvalue weighted by Gasteiger charge is 2.22. The molecule has 0 spiro atoms. The van der Waals surface area contributed by atoms with Gasteiger partial charge in [-0.3, -0.25) is 19.7 Å². The Morgan fingerprint density at radius 2 is 1.42 bits per heavy atom. The third kappa shape index (κ3) is 4.14. The largest absolute Gasteiger partial charge is 0.398 e. The van der Waals surface area contributed by atoms with E-state index in [0.717, 1.165) is 12.1 Å². The van der Waals surface area contributed by atoms with Gasteiger partial charge in [-0.1, -0.05) is 23.2 Å². The van der Waals surface area contributed by atoms with Gasteiger partial charge in [-0.25, -0.2) is 8.78 Å². The van der Waals surface area contributed by atoms with Crippen molar-refractivity contribution >= 4 is 46.1 Å². The van der Waals surface area contributed by atoms with Gasteiger partial charge >= 0.3 is 0 Å². The molecular formula is C16H10Cl2F2N2O4. The fraction of sp³-hybridized carbons (Fsp3) is 0.125. The fourth-order valence-electron chi connectivity index (χ4n) is 2.17. The molecule has 0 bridgehead atoms. The highest BCUT2D eigenvalue weighted by Crippen LogP contribution is 2.29. The molecule has 0 aliphatic heterocycles. The molecule has 0 amide bonds. The zero-order valence-electron chi connectivity index (χ0n) is 12.9. The van der Waals surface area contributed by atoms with Crippen LogP contribution in [0.5, 0.6) is 0 Å². The number of nitrogens with zero attached hydrogens (tertiary/aromatic N) is 1. The lowest BCUT2D eigenvalue weighted by Gasteiger charge is -2.06. The summed E-state index contributed by atoms with van der Waals surface area (Å²) in [4.78, 5) is 34.1. The number of nitrogen functional groups attached to an aromatic ring is 1. The summed E-state index contributed by atoms with van der Waals surface area (Å²) in [7, 11) is 0. The number of nitro benzene ring substituents is 1. The van der Waals surface area contributed by atoms with Crippen LogP contribution in [0.4, 0.5) is 20.2 Å². The molecule has 0 aliphatic carbocycles. The van der Waals surface area contributed by atoms with Crippen molar-refractivity contribution in [2.24, 2.45) is 0 Å². The van der Waals surface area contributed by atoms with Gasteiger partial charge in [-0.05, 0) is 12.1 Å². The molecule has 0 radical (unpaired) electrons. The van der Waals surface area contributed by atoms with Crippen LogP contribution in [0.3, 0.4) is 0 Å². The first kappa shape index (κ1) is 19.7. The number of hydrogen-bond donors (Lipinski definition) is 1. The van der Waals surface area contributed by atoms with Crippen LogP contribution in [0.25, 0.3) is 0 Å². The number of rotatable bonds is 6. The van der Waals surface area contributed by atoms with Crippen molar-refractivity contribution in [1.82, 2.24) is 0 Å². The molecule has 2 aromatic rings. The minimum atomic E-state index is -1.06. The van der Waals surface area contributed by atoms with E-state index < -0.39 is 57.2 Å². The van der Waals surface area contributed by atoms with E-state index in [2.05, 4.69) is 0 Å². The summed E-state index contributed by atoms with van der Waals surface area (Å²) in [5.74, 6) is -3.57. The number of carbonyl (C=O) groups excluding carboxylic acids is 2. The Kier molecular flexibility index (Phi) is 5.89. The van der Waals surface area contributed by atoms with Crippen LogP contribution in [0.15, 0.2) is 24.3 Å². The summed E-state index contributed by atoms with van der Waals surface area (Å²) < 4.78 is 27.6. The maximum absolute atomic E-state index is 13.8. The summed E-state index contributed by atoms with van der Waals surface area (Å²) >= 11 is 11.2. The topological polar surface area (TPSA) is 103 Å². The molecule has 2 aromatic carbocycles. The maximum atomic E-state index is 13.8. The number of carbonyl (C=O) groups is 2. The van der Waals surface area contributed by atoms with Gasteiger partial charge in [-0.15, -0.1) is 0 Å². The molecule has 0 heterocycles. The van der Waals surface area contributed by atoms with Gasteiger partial charge in [0.25, 0.3) is 5.69 Å². The summed E-state index contributed by atoms with van der Waals surface area (Å²) in [6.45, 7) is 0. The monoisotopic (exact) mass is 402 g/mol. The van der Waals surface area contributed by atoms with Crippen molar-refractivity contribution in [3.05, 3.63) is 67.2 Å². The van der Waals surface area contributed by atoms with Gasteiger partial charge < -0.3 is 5.73 Å². The number of benzene rings is 2. The third-order valence-electron chi connectivity index (χ3n) is 3.50. The normalized spacial score (nSPS) is 10.6. The second-order valence-electron chi connectivity index (χ2n) is 5.24. The molecule has 0 atom stereocenters. The van der Waals surface area contributed by atoms with E-state index in [0.29, 0.717) is 12.1 Å². The Bertz CT molecular complexity index is 935. The van der Waals surface area contributed by atoms with Gasteiger partial charge in [0.1, 0.15) is 16.7 Å². The number of hydrogen-bond acceptors (Lipinski definition) is 5. The summed E-state index contributed by atoms with van der Waals surface area (Å²) in [5, 5.41) is 10.3. The molecule has 136 valence electrons. The zero-order valence-corrected chi connectivity index (χ0v) is 14.4. The molecule has 2 rings (SSSR count). The van der Waals surface area contributed by atoms with E-state index in [9.17, 15) is 28.5 Å². The van der Waals surface area contributed by atoms with Crippen LogP contribution in [0, 0.1) is 21.7 Å². The lowest BCUT2D eigenvalue weighted by atomic mass is 10.00. The van der Waals surface area contributed by atoms with Crippen molar-refractivity contribution in [2.45, 2.75) is 12.8 Å². The highest BCUT2D eigenvalue weighted by atomic mass is 35.5. The highest BCUT2D eigenvalue weighted by molar-refractivity contribution is 6.33. The molecule has 26 heavy (non-hydrogen) atoms. The van der Waals surface area contributed by atoms with Crippen LogP contribution >= 0.6 is 23.2 Å². The fourth-order valence-corrected chi connectivity index (χ4v) is 2.54. The summed E-state index contributed by atoms with van der Waals surface area (Å²) in [6, 6.07) is 3.26. The van der Waals surface area contributed by atoms with Crippen LogP contribution in [-0.4, -0.2) is 16.5 Å². The number of halogens is 4. The van der Waals surface area contributed by atoms with E-state index in [1.165, 1.54) is 0 Å². The number of nitro groups is 1. The Morgan fingerprint density at radius 3 is 1.92 bits per heavy atom. The van der Waals surface area contributed by atoms with Gasteiger partial charge in [-0.2, -0.15) is 0 Å². The smallest absolute Gasteiger partial charge is 0.288 e. The average molecular weight is 403 g/mol. The molecule has 0 saturated carbocycles. The lowest BCUT2D eigenvalue weighted by Crippen LogP contribution is -2.09. The van der Waals surface area contributed by atoms with Crippen LogP contribution in [0.2, 0.25) is 10.0 Å². The van der Waals surface area contributed by atoms with Crippen molar-refractivity contribution in [3.8, 4) is 0 Å². The zero-order chi connectivity index (χ0) is 19.6. The van der Waals surface area contributed by atoms with E-state index in [-0.39, 0.29) is 16.3 Å². The van der Waals surface area contributed by atoms with Gasteiger partial charge in [0, 0.05) is 25.0 Å². The molecule has 0 aliphatic rings. The molecule has 0 unspecified atom stereocenters. The first-order valence-electron chi connectivity index (χ1n) is 7.06. The van der Waals surface area contributed by atoms with Gasteiger partial charge in [0.2, 0.25) is 0 Å². The van der Waals surface area contributed by atoms with Gasteiger partial charge in [0.15, 0.2) is 11.6 Å². The summed E-state index contributed by atoms with van der Waals surface area (Å²) in [5.41, 5.74) is 3.92. The average Bonchev–Trinajstić information content (AvgIpc) is 2.55. The minimum Gasteiger partial charge on any atom is -0.398 e. The number of ketones is 2. The second kappa shape index (κ2) is 7.76. The molecule has 10 heteroatoms. The SMILES string of the molecule is Nc1cc(C(=O)CCC(=O)c2cc([N+](=O)[O-])c(Cl)cc2F)c(F)cc1Cl. The Morgan fingerprint density at radius 1 is 0.962 bits per heavy atom. The maximum Gasteiger partial charge on any atom is 0.288 e. The number of anilines is 1. The molecule has 2 N–H and O–H groups in total. The standard InChI is InChI=1S/C16H10Cl2F2N2O4/c17-9-5-11(19)7(3-13(9)21)15(23)1-2-16(24)8-4-14(22(25)26)10(18)6-12(8)20/h3-6H,1-2,21H2. The van der Waals surface area contributed by atoms with E-state index >= 15 is 0 Å². The van der Waals surface area contributed by atoms with Crippen LogP contribution < -0.4 is 5.73 Å². The van der Waals surface area contributed by atoms with Crippen molar-refractivity contribution in [1.29, 1.82) is 0 Å². The number of nitrogens with two attached hydrogens (primary N) is 1. The Hall–Kier alpha value is -2.58. The second-order valence-corrected chi connectivity index (χ2v) is 6.05. The Balaban J connectivity index is 2.19. The Labute approximate surface area is 155 Å². The van der Waals surface area contributed by atoms with Crippen molar-refractivity contribution < 1.29 is 23.3 Å². The molecule has 0 aromatic heterocycles. The molecule has 0 fully saturated rings. The predicted octanol–water partition coefficient (Wildman–Crippen LogP) is 4.61. The van der Waals surface area contributed by atoms with Crippen molar-refractivity contribution in [3.63, 3.8) is 0 Å². The molecule has 6 nitrogen and oxygen atoms in total. The number of Topliss-reactive ketones (excluding diaryl/α,β-unsaturated/α-hetero) is 2. The van der Waals surface area contributed by atoms with Gasteiger partial charge in [0.05, 0.1) is 26.8 Å². The minimum absolute atomic E-state index is 0.0119. The van der Waals surface area contributed by atoms with E-state index in [4.69, 9.17) is 28.9 Å². The van der Waals surface area contributed by atoms with Crippen molar-refractivity contribution in [2.75, 3.05) is 5.73 Å². The molecular weight excluding hydrogens is 393 g/mol. The third-order valence-corrected chi connectivity index (χ3v) is 4.13. The predicted molar refractivity (Wildman–Crippen MR) is 91.8 cm³/mol. The van der Waals surface area contributed by atoms with Crippen LogP contribution in [0.1, 0.15) is 33.6 Å². The molecule has 0 saturated heterocycles. The summed E-state index contributed by atoms with van der Waals surface area (Å²) in [6.07, 6.45) is -0.941. The van der Waals surface area contributed by atoms with Crippen LogP contribution in [-0.2, 0) is 0 Å². The van der Waals surface area contributed by atoms with E-state index in [1.807, 2.05) is 0 Å². The van der Waals surface area contributed by atoms with E-state index in [1.54, 1.807) is 0 Å². The lowest BCUT2D eigenvalue weighted by molar-refractivity contribution is -0.384. The first-order valence-corrected chi connectivity index (χ1v) is 7.81. The first-order chi connectivity index (χ1) is 12.1.